The van der Waals surface area contributed by atoms with Gasteiger partial charge in [-0.3, -0.25) is 10.1 Å². The molecule has 0 unspecified atom stereocenters. The van der Waals surface area contributed by atoms with E-state index in [9.17, 15) is 4.79 Å². The van der Waals surface area contributed by atoms with Gasteiger partial charge in [0, 0.05) is 60.8 Å². The fourth-order valence-corrected chi connectivity index (χ4v) is 5.78. The van der Waals surface area contributed by atoms with Crippen molar-refractivity contribution in [3.63, 3.8) is 0 Å². The molecule has 4 heterocycles. The number of rotatable bonds is 8. The number of anilines is 2. The molecule has 0 saturated carbocycles. The molecule has 10 heteroatoms. The van der Waals surface area contributed by atoms with Crippen molar-refractivity contribution < 1.29 is 4.79 Å². The normalized spacial score (nSPS) is 14.9. The van der Waals surface area contributed by atoms with Crippen molar-refractivity contribution in [3.05, 3.63) is 53.2 Å². The molecule has 1 aliphatic heterocycles. The van der Waals surface area contributed by atoms with Crippen LogP contribution in [-0.4, -0.2) is 77.0 Å². The summed E-state index contributed by atoms with van der Waals surface area (Å²) in [6.45, 7) is 8.54. The van der Waals surface area contributed by atoms with E-state index in [1.807, 2.05) is 36.7 Å². The van der Waals surface area contributed by atoms with Gasteiger partial charge in [0.1, 0.15) is 0 Å². The van der Waals surface area contributed by atoms with Crippen molar-refractivity contribution in [1.29, 1.82) is 0 Å². The van der Waals surface area contributed by atoms with Gasteiger partial charge in [0.15, 0.2) is 5.13 Å². The third-order valence-corrected chi connectivity index (χ3v) is 7.96. The van der Waals surface area contributed by atoms with E-state index in [2.05, 4.69) is 43.5 Å². The Balaban J connectivity index is 1.24. The number of carbonyl (C=O) groups is 1. The Hall–Kier alpha value is -2.92. The topological polar surface area (TPSA) is 86.3 Å². The quantitative estimate of drug-likeness (QED) is 0.341. The Bertz CT molecular complexity index is 1300. The maximum atomic E-state index is 12.6. The van der Waals surface area contributed by atoms with Crippen LogP contribution in [0.25, 0.3) is 20.7 Å². The summed E-state index contributed by atoms with van der Waals surface area (Å²) < 4.78 is 1.05. The lowest BCUT2D eigenvalue weighted by atomic mass is 10.1. The molecule has 0 atom stereocenters. The monoisotopic (exact) mass is 507 g/mol. The number of benzene rings is 1. The van der Waals surface area contributed by atoms with Gasteiger partial charge in [-0.2, -0.15) is 0 Å². The highest BCUT2D eigenvalue weighted by Crippen LogP contribution is 2.35. The van der Waals surface area contributed by atoms with E-state index in [0.717, 1.165) is 71.9 Å². The molecule has 1 aromatic carbocycles. The maximum absolute atomic E-state index is 12.6. The molecule has 0 spiro atoms. The van der Waals surface area contributed by atoms with Gasteiger partial charge < -0.3 is 15.1 Å². The second-order valence-corrected chi connectivity index (χ2v) is 10.8. The van der Waals surface area contributed by atoms with Crippen LogP contribution in [-0.2, 0) is 0 Å². The SMILES string of the molecule is Cc1cnc(NCCCN2CCN(C)CC2)nc1-c1cc2ccc(C(=O)Nc3nccs3)cc2s1. The number of nitrogens with zero attached hydrogens (tertiary/aromatic N) is 5. The Kier molecular flexibility index (Phi) is 7.33. The van der Waals surface area contributed by atoms with E-state index >= 15 is 0 Å². The van der Waals surface area contributed by atoms with Crippen LogP contribution in [0.15, 0.2) is 42.0 Å². The largest absolute Gasteiger partial charge is 0.354 e. The molecule has 0 aliphatic carbocycles. The van der Waals surface area contributed by atoms with E-state index in [1.165, 1.54) is 11.3 Å². The first-order chi connectivity index (χ1) is 17.0. The molecule has 1 amide bonds. The Morgan fingerprint density at radius 1 is 1.14 bits per heavy atom. The first-order valence-corrected chi connectivity index (χ1v) is 13.5. The van der Waals surface area contributed by atoms with Gasteiger partial charge in [-0.15, -0.1) is 22.7 Å². The maximum Gasteiger partial charge on any atom is 0.257 e. The molecular weight excluding hydrogens is 478 g/mol. The van der Waals surface area contributed by atoms with Crippen LogP contribution in [0, 0.1) is 6.92 Å². The lowest BCUT2D eigenvalue weighted by molar-refractivity contribution is 0.102. The van der Waals surface area contributed by atoms with Gasteiger partial charge in [-0.05, 0) is 56.1 Å². The molecule has 8 nitrogen and oxygen atoms in total. The van der Waals surface area contributed by atoms with Crippen molar-refractivity contribution in [3.8, 4) is 10.6 Å². The van der Waals surface area contributed by atoms with Crippen LogP contribution < -0.4 is 10.6 Å². The lowest BCUT2D eigenvalue weighted by Crippen LogP contribution is -2.44. The number of aromatic nitrogens is 3. The predicted octanol–water partition coefficient (Wildman–Crippen LogP) is 4.42. The zero-order valence-electron chi connectivity index (χ0n) is 20.0. The number of likely N-dealkylation sites (N-methyl/N-ethyl adjacent to an activating group) is 1. The fraction of sp³-hybridized carbons (Fsp3) is 0.360. The summed E-state index contributed by atoms with van der Waals surface area (Å²) in [5.74, 6) is 0.503. The van der Waals surface area contributed by atoms with E-state index in [-0.39, 0.29) is 5.91 Å². The highest BCUT2D eigenvalue weighted by Gasteiger charge is 2.15. The molecule has 4 aromatic rings. The highest BCUT2D eigenvalue weighted by molar-refractivity contribution is 7.22. The number of carbonyl (C=O) groups excluding carboxylic acids is 1. The minimum Gasteiger partial charge on any atom is -0.354 e. The standard InChI is InChI=1S/C25H29N7OS2/c1-17-16-28-24(26-6-3-8-32-11-9-31(2)10-12-32)29-22(17)21-14-18-4-5-19(15-20(18)35-21)23(33)30-25-27-7-13-34-25/h4-5,7,13-16H,3,6,8-12H2,1-2H3,(H,26,28,29)(H,27,30,33). The Labute approximate surface area is 213 Å². The number of amides is 1. The average Bonchev–Trinajstić information content (AvgIpc) is 3.53. The third kappa shape index (κ3) is 5.84. The van der Waals surface area contributed by atoms with Crippen LogP contribution in [0.4, 0.5) is 11.1 Å². The van der Waals surface area contributed by atoms with E-state index in [0.29, 0.717) is 16.6 Å². The zero-order chi connectivity index (χ0) is 24.2. The van der Waals surface area contributed by atoms with Crippen molar-refractivity contribution >= 4 is 49.7 Å². The molecule has 1 saturated heterocycles. The van der Waals surface area contributed by atoms with E-state index < -0.39 is 0 Å². The summed E-state index contributed by atoms with van der Waals surface area (Å²) in [5.41, 5.74) is 2.57. The molecule has 35 heavy (non-hydrogen) atoms. The first-order valence-electron chi connectivity index (χ1n) is 11.8. The number of hydrogen-bond donors (Lipinski definition) is 2. The molecule has 5 rings (SSSR count). The lowest BCUT2D eigenvalue weighted by Gasteiger charge is -2.32. The van der Waals surface area contributed by atoms with Crippen molar-refractivity contribution in [2.75, 3.05) is 56.9 Å². The zero-order valence-corrected chi connectivity index (χ0v) is 21.6. The average molecular weight is 508 g/mol. The minimum absolute atomic E-state index is 0.155. The molecule has 1 fully saturated rings. The number of thiazole rings is 1. The highest BCUT2D eigenvalue weighted by atomic mass is 32.1. The van der Waals surface area contributed by atoms with Crippen molar-refractivity contribution in [2.45, 2.75) is 13.3 Å². The number of aryl methyl sites for hydroxylation is 1. The molecule has 2 N–H and O–H groups in total. The smallest absolute Gasteiger partial charge is 0.257 e. The summed E-state index contributed by atoms with van der Waals surface area (Å²) in [7, 11) is 2.18. The fourth-order valence-electron chi connectivity index (χ4n) is 4.09. The minimum atomic E-state index is -0.155. The Morgan fingerprint density at radius 3 is 2.80 bits per heavy atom. The molecule has 1 aliphatic rings. The van der Waals surface area contributed by atoms with Crippen molar-refractivity contribution in [1.82, 2.24) is 24.8 Å². The number of nitrogens with one attached hydrogen (secondary N) is 2. The summed E-state index contributed by atoms with van der Waals surface area (Å²) in [5, 5.41) is 9.77. The summed E-state index contributed by atoms with van der Waals surface area (Å²) in [4.78, 5) is 32.0. The Morgan fingerprint density at radius 2 is 2.00 bits per heavy atom. The summed E-state index contributed by atoms with van der Waals surface area (Å²) in [6, 6.07) is 7.90. The van der Waals surface area contributed by atoms with Gasteiger partial charge in [-0.1, -0.05) is 6.07 Å². The van der Waals surface area contributed by atoms with Crippen LogP contribution >= 0.6 is 22.7 Å². The van der Waals surface area contributed by atoms with Crippen LogP contribution in [0.5, 0.6) is 0 Å². The molecule has 3 aromatic heterocycles. The van der Waals surface area contributed by atoms with Crippen molar-refractivity contribution in [2.24, 2.45) is 0 Å². The third-order valence-electron chi connectivity index (χ3n) is 6.17. The first kappa shape index (κ1) is 23.8. The van der Waals surface area contributed by atoms with Crippen LogP contribution in [0.3, 0.4) is 0 Å². The molecule has 0 bridgehead atoms. The second kappa shape index (κ2) is 10.8. The number of thiophene rings is 1. The predicted molar refractivity (Wildman–Crippen MR) is 145 cm³/mol. The van der Waals surface area contributed by atoms with Gasteiger partial charge >= 0.3 is 0 Å². The second-order valence-electron chi connectivity index (χ2n) is 8.81. The summed E-state index contributed by atoms with van der Waals surface area (Å²) in [6.07, 6.45) is 4.61. The van der Waals surface area contributed by atoms with Gasteiger partial charge in [0.2, 0.25) is 5.95 Å². The van der Waals surface area contributed by atoms with Gasteiger partial charge in [0.05, 0.1) is 10.6 Å². The molecule has 182 valence electrons. The number of fused-ring (bicyclic) bond motifs is 1. The number of piperazine rings is 1. The number of hydrogen-bond acceptors (Lipinski definition) is 9. The van der Waals surface area contributed by atoms with Crippen LogP contribution in [0.2, 0.25) is 0 Å². The van der Waals surface area contributed by atoms with Crippen LogP contribution in [0.1, 0.15) is 22.3 Å². The van der Waals surface area contributed by atoms with E-state index in [1.54, 1.807) is 17.5 Å². The summed E-state index contributed by atoms with van der Waals surface area (Å²) >= 11 is 3.04. The molecule has 0 radical (unpaired) electrons. The molecular formula is C25H29N7OS2. The van der Waals surface area contributed by atoms with E-state index in [4.69, 9.17) is 4.98 Å². The van der Waals surface area contributed by atoms with Gasteiger partial charge in [0.25, 0.3) is 5.91 Å². The van der Waals surface area contributed by atoms with Gasteiger partial charge in [-0.25, -0.2) is 15.0 Å².